The summed E-state index contributed by atoms with van der Waals surface area (Å²) in [6.07, 6.45) is 4.97. The highest BCUT2D eigenvalue weighted by atomic mass is 16.3. The summed E-state index contributed by atoms with van der Waals surface area (Å²) < 4.78 is 0. The van der Waals surface area contributed by atoms with Crippen molar-refractivity contribution in [3.8, 4) is 11.5 Å². The molecule has 0 heterocycles. The van der Waals surface area contributed by atoms with Gasteiger partial charge in [-0.1, -0.05) is 26.0 Å². The minimum absolute atomic E-state index is 0.185. The van der Waals surface area contributed by atoms with Gasteiger partial charge in [-0.15, -0.1) is 0 Å². The van der Waals surface area contributed by atoms with Crippen molar-refractivity contribution in [2.75, 3.05) is 0 Å². The van der Waals surface area contributed by atoms with Crippen LogP contribution in [-0.2, 0) is 6.42 Å². The Balaban J connectivity index is 3.40. The third-order valence-electron chi connectivity index (χ3n) is 3.77. The maximum absolute atomic E-state index is 10.4. The van der Waals surface area contributed by atoms with Crippen molar-refractivity contribution >= 4 is 6.08 Å². The second kappa shape index (κ2) is 6.52. The van der Waals surface area contributed by atoms with E-state index in [4.69, 9.17) is 0 Å². The van der Waals surface area contributed by atoms with E-state index < -0.39 is 5.60 Å². The van der Waals surface area contributed by atoms with E-state index in [1.807, 2.05) is 6.92 Å². The molecular weight excluding hydrogens is 264 g/mol. The maximum atomic E-state index is 10.4. The molecule has 0 saturated carbocycles. The first-order valence-electron chi connectivity index (χ1n) is 7.50. The van der Waals surface area contributed by atoms with Crippen molar-refractivity contribution in [1.82, 2.24) is 0 Å². The number of aromatic hydroxyl groups is 2. The van der Waals surface area contributed by atoms with Gasteiger partial charge < -0.3 is 15.3 Å². The summed E-state index contributed by atoms with van der Waals surface area (Å²) in [5.41, 5.74) is 1.79. The van der Waals surface area contributed by atoms with Crippen molar-refractivity contribution in [3.63, 3.8) is 0 Å². The van der Waals surface area contributed by atoms with Crippen LogP contribution in [0.25, 0.3) is 6.08 Å². The number of hydrogen-bond acceptors (Lipinski definition) is 3. The Morgan fingerprint density at radius 1 is 1.05 bits per heavy atom. The zero-order valence-electron chi connectivity index (χ0n) is 14.0. The van der Waals surface area contributed by atoms with E-state index >= 15 is 0 Å². The standard InChI is InChI=1S/C18H28O3/c1-11(2)7-8-14-15(9-10-18(5,6)21)17(20)13(4)12(3)16(14)19/h9-11,19-21H,7-8H2,1-6H3. The van der Waals surface area contributed by atoms with Crippen LogP contribution in [0.2, 0.25) is 0 Å². The first kappa shape index (κ1) is 17.6. The van der Waals surface area contributed by atoms with Gasteiger partial charge in [-0.2, -0.15) is 0 Å². The van der Waals surface area contributed by atoms with E-state index in [-0.39, 0.29) is 11.5 Å². The molecule has 0 amide bonds. The molecule has 1 rings (SSSR count). The molecular formula is C18H28O3. The normalized spacial score (nSPS) is 12.6. The molecule has 0 aliphatic carbocycles. The van der Waals surface area contributed by atoms with Crippen molar-refractivity contribution in [3.05, 3.63) is 28.3 Å². The number of aliphatic hydroxyl groups is 1. The quantitative estimate of drug-likeness (QED) is 0.716. The molecule has 1 aromatic carbocycles. The predicted molar refractivity (Wildman–Crippen MR) is 87.7 cm³/mol. The van der Waals surface area contributed by atoms with Crippen LogP contribution in [0, 0.1) is 19.8 Å². The van der Waals surface area contributed by atoms with E-state index in [0.717, 1.165) is 12.0 Å². The molecule has 0 aromatic heterocycles. The van der Waals surface area contributed by atoms with E-state index in [1.165, 1.54) is 0 Å². The van der Waals surface area contributed by atoms with Gasteiger partial charge in [0, 0.05) is 11.1 Å². The average Bonchev–Trinajstić information content (AvgIpc) is 2.36. The van der Waals surface area contributed by atoms with Crippen LogP contribution < -0.4 is 0 Å². The fraction of sp³-hybridized carbons (Fsp3) is 0.556. The Morgan fingerprint density at radius 3 is 2.05 bits per heavy atom. The Morgan fingerprint density at radius 2 is 1.57 bits per heavy atom. The number of hydrogen-bond donors (Lipinski definition) is 3. The lowest BCUT2D eigenvalue weighted by Gasteiger charge is -2.18. The van der Waals surface area contributed by atoms with Gasteiger partial charge >= 0.3 is 0 Å². The molecule has 1 aromatic rings. The Kier molecular flexibility index (Phi) is 5.46. The van der Waals surface area contributed by atoms with Crippen LogP contribution in [0.5, 0.6) is 11.5 Å². The molecule has 0 fully saturated rings. The molecule has 0 saturated heterocycles. The molecule has 0 aliphatic heterocycles. The summed E-state index contributed by atoms with van der Waals surface area (Å²) in [7, 11) is 0. The van der Waals surface area contributed by atoms with Crippen molar-refractivity contribution in [2.45, 2.75) is 60.0 Å². The van der Waals surface area contributed by atoms with E-state index in [0.29, 0.717) is 29.0 Å². The van der Waals surface area contributed by atoms with Crippen molar-refractivity contribution in [1.29, 1.82) is 0 Å². The van der Waals surface area contributed by atoms with E-state index in [9.17, 15) is 15.3 Å². The van der Waals surface area contributed by atoms with Crippen LogP contribution in [-0.4, -0.2) is 20.9 Å². The molecule has 0 unspecified atom stereocenters. The Hall–Kier alpha value is -1.48. The number of rotatable bonds is 5. The molecule has 3 heteroatoms. The lowest BCUT2D eigenvalue weighted by molar-refractivity contribution is 0.134. The molecule has 3 N–H and O–H groups in total. The minimum atomic E-state index is -0.962. The van der Waals surface area contributed by atoms with Crippen LogP contribution >= 0.6 is 0 Å². The highest BCUT2D eigenvalue weighted by Crippen LogP contribution is 2.38. The predicted octanol–water partition coefficient (Wildman–Crippen LogP) is 4.09. The Bertz CT molecular complexity index is 535. The first-order chi connectivity index (χ1) is 9.54. The van der Waals surface area contributed by atoms with Gasteiger partial charge in [-0.05, 0) is 57.6 Å². The van der Waals surface area contributed by atoms with Crippen LogP contribution in [0.1, 0.15) is 56.4 Å². The van der Waals surface area contributed by atoms with E-state index in [2.05, 4.69) is 13.8 Å². The highest BCUT2D eigenvalue weighted by Gasteiger charge is 2.18. The topological polar surface area (TPSA) is 60.7 Å². The van der Waals surface area contributed by atoms with Crippen LogP contribution in [0.3, 0.4) is 0 Å². The average molecular weight is 292 g/mol. The second-order valence-electron chi connectivity index (χ2n) is 6.76. The lowest BCUT2D eigenvalue weighted by Crippen LogP contribution is -2.13. The largest absolute Gasteiger partial charge is 0.507 e. The van der Waals surface area contributed by atoms with Gasteiger partial charge in [-0.3, -0.25) is 0 Å². The van der Waals surface area contributed by atoms with Gasteiger partial charge in [0.05, 0.1) is 5.60 Å². The fourth-order valence-electron chi connectivity index (χ4n) is 2.21. The summed E-state index contributed by atoms with van der Waals surface area (Å²) in [5.74, 6) is 0.949. The number of phenolic OH excluding ortho intramolecular Hbond substituents is 2. The summed E-state index contributed by atoms with van der Waals surface area (Å²) in [4.78, 5) is 0. The number of phenols is 2. The van der Waals surface area contributed by atoms with Gasteiger partial charge in [-0.25, -0.2) is 0 Å². The van der Waals surface area contributed by atoms with Gasteiger partial charge in [0.15, 0.2) is 0 Å². The maximum Gasteiger partial charge on any atom is 0.126 e. The molecule has 0 spiro atoms. The number of benzene rings is 1. The zero-order chi connectivity index (χ0) is 16.4. The van der Waals surface area contributed by atoms with Gasteiger partial charge in [0.2, 0.25) is 0 Å². The van der Waals surface area contributed by atoms with Crippen molar-refractivity contribution in [2.24, 2.45) is 5.92 Å². The highest BCUT2D eigenvalue weighted by molar-refractivity contribution is 5.69. The third-order valence-corrected chi connectivity index (χ3v) is 3.77. The molecule has 0 atom stereocenters. The van der Waals surface area contributed by atoms with Crippen LogP contribution in [0.15, 0.2) is 6.08 Å². The molecule has 3 nitrogen and oxygen atoms in total. The molecule has 0 aliphatic rings. The fourth-order valence-corrected chi connectivity index (χ4v) is 2.21. The van der Waals surface area contributed by atoms with Crippen LogP contribution in [0.4, 0.5) is 0 Å². The summed E-state index contributed by atoms with van der Waals surface area (Å²) in [6, 6.07) is 0. The zero-order valence-corrected chi connectivity index (χ0v) is 14.0. The summed E-state index contributed by atoms with van der Waals surface area (Å²) in [6.45, 7) is 11.2. The molecule has 0 bridgehead atoms. The van der Waals surface area contributed by atoms with Crippen molar-refractivity contribution < 1.29 is 15.3 Å². The third kappa shape index (κ3) is 4.50. The monoisotopic (exact) mass is 292 g/mol. The molecule has 21 heavy (non-hydrogen) atoms. The van der Waals surface area contributed by atoms with Gasteiger partial charge in [0.1, 0.15) is 11.5 Å². The summed E-state index contributed by atoms with van der Waals surface area (Å²) in [5, 5.41) is 30.7. The molecule has 0 radical (unpaired) electrons. The smallest absolute Gasteiger partial charge is 0.126 e. The lowest BCUT2D eigenvalue weighted by atomic mass is 9.91. The van der Waals surface area contributed by atoms with E-state index in [1.54, 1.807) is 32.9 Å². The summed E-state index contributed by atoms with van der Waals surface area (Å²) >= 11 is 0. The minimum Gasteiger partial charge on any atom is -0.507 e. The first-order valence-corrected chi connectivity index (χ1v) is 7.50. The van der Waals surface area contributed by atoms with Gasteiger partial charge in [0.25, 0.3) is 0 Å². The Labute approximate surface area is 128 Å². The SMILES string of the molecule is Cc1c(C)c(O)c(CCC(C)C)c(C=CC(C)(C)O)c1O. The second-order valence-corrected chi connectivity index (χ2v) is 6.76. The molecule has 118 valence electrons.